The molecule has 1 amide bonds. The molecule has 0 aliphatic rings. The number of hydrogen-bond donors (Lipinski definition) is 1. The lowest BCUT2D eigenvalue weighted by Gasteiger charge is -2.19. The number of methoxy groups -OCH3 is 1. The summed E-state index contributed by atoms with van der Waals surface area (Å²) in [5.41, 5.74) is 4.23. The Morgan fingerprint density at radius 1 is 0.906 bits per heavy atom. The number of ether oxygens (including phenoxy) is 1. The molecule has 8 nitrogen and oxygen atoms in total. The molecule has 0 saturated carbocycles. The van der Waals surface area contributed by atoms with Crippen molar-refractivity contribution in [3.8, 4) is 0 Å². The number of hydrazone groups is 1. The molecule has 0 spiro atoms. The third kappa shape index (κ3) is 5.19. The molecule has 3 aromatic rings. The van der Waals surface area contributed by atoms with E-state index < -0.39 is 21.9 Å². The van der Waals surface area contributed by atoms with Gasteiger partial charge in [0.15, 0.2) is 0 Å². The van der Waals surface area contributed by atoms with Gasteiger partial charge in [0.1, 0.15) is 0 Å². The minimum Gasteiger partial charge on any atom is -0.465 e. The average Bonchev–Trinajstić information content (AvgIpc) is 2.84. The lowest BCUT2D eigenvalue weighted by molar-refractivity contribution is 0.0600. The standard InChI is InChI=1S/C23H21N3O5S/c1-26(32(29,30)21-6-4-3-5-7-21)20-14-12-18(13-15-20)22(27)25-24-16-17-8-10-19(11-9-17)23(28)31-2/h3-16H,1-2H3,(H,25,27)/b24-16-. The zero-order valence-corrected chi connectivity index (χ0v) is 18.2. The summed E-state index contributed by atoms with van der Waals surface area (Å²) in [7, 11) is -0.943. The van der Waals surface area contributed by atoms with Gasteiger partial charge in [0.2, 0.25) is 0 Å². The fourth-order valence-electron chi connectivity index (χ4n) is 2.77. The van der Waals surface area contributed by atoms with Gasteiger partial charge in [-0.1, -0.05) is 30.3 Å². The first-order valence-electron chi connectivity index (χ1n) is 9.49. The molecule has 0 saturated heterocycles. The highest BCUT2D eigenvalue weighted by molar-refractivity contribution is 7.92. The number of anilines is 1. The highest BCUT2D eigenvalue weighted by atomic mass is 32.2. The average molecular weight is 452 g/mol. The van der Waals surface area contributed by atoms with E-state index in [1.807, 2.05) is 0 Å². The quantitative estimate of drug-likeness (QED) is 0.338. The Morgan fingerprint density at radius 3 is 2.09 bits per heavy atom. The molecule has 0 aliphatic heterocycles. The van der Waals surface area contributed by atoms with E-state index >= 15 is 0 Å². The number of amides is 1. The first-order valence-corrected chi connectivity index (χ1v) is 10.9. The fraction of sp³-hybridized carbons (Fsp3) is 0.0870. The second-order valence-electron chi connectivity index (χ2n) is 6.65. The van der Waals surface area contributed by atoms with Crippen molar-refractivity contribution >= 4 is 33.8 Å². The molecular weight excluding hydrogens is 430 g/mol. The molecule has 0 heterocycles. The van der Waals surface area contributed by atoms with Crippen LogP contribution in [-0.2, 0) is 14.8 Å². The molecule has 164 valence electrons. The lowest BCUT2D eigenvalue weighted by Crippen LogP contribution is -2.26. The van der Waals surface area contributed by atoms with Crippen molar-refractivity contribution in [3.63, 3.8) is 0 Å². The molecule has 0 unspecified atom stereocenters. The van der Waals surface area contributed by atoms with Crippen LogP contribution in [0, 0.1) is 0 Å². The molecule has 32 heavy (non-hydrogen) atoms. The Balaban J connectivity index is 1.64. The van der Waals surface area contributed by atoms with Crippen molar-refractivity contribution < 1.29 is 22.7 Å². The van der Waals surface area contributed by atoms with E-state index in [4.69, 9.17) is 0 Å². The van der Waals surface area contributed by atoms with Crippen molar-refractivity contribution in [2.24, 2.45) is 5.10 Å². The summed E-state index contributed by atoms with van der Waals surface area (Å²) in [6.07, 6.45) is 1.44. The zero-order valence-electron chi connectivity index (χ0n) is 17.4. The first kappa shape index (κ1) is 22.7. The molecule has 0 fully saturated rings. The van der Waals surface area contributed by atoms with Gasteiger partial charge in [0, 0.05) is 12.6 Å². The van der Waals surface area contributed by atoms with Gasteiger partial charge in [-0.2, -0.15) is 5.10 Å². The third-order valence-corrected chi connectivity index (χ3v) is 6.41. The highest BCUT2D eigenvalue weighted by Gasteiger charge is 2.21. The number of benzene rings is 3. The minimum atomic E-state index is -3.70. The molecule has 0 bridgehead atoms. The second-order valence-corrected chi connectivity index (χ2v) is 8.61. The van der Waals surface area contributed by atoms with Crippen LogP contribution in [0.25, 0.3) is 0 Å². The summed E-state index contributed by atoms with van der Waals surface area (Å²) in [6.45, 7) is 0. The maximum atomic E-state index is 12.7. The predicted octanol–water partition coefficient (Wildman–Crippen LogP) is 3.06. The SMILES string of the molecule is COC(=O)c1ccc(/C=N\NC(=O)c2ccc(N(C)S(=O)(=O)c3ccccc3)cc2)cc1. The summed E-state index contributed by atoms with van der Waals surface area (Å²) >= 11 is 0. The number of carbonyl (C=O) groups is 2. The predicted molar refractivity (Wildman–Crippen MR) is 121 cm³/mol. The Kier molecular flexibility index (Phi) is 7.01. The zero-order chi connectivity index (χ0) is 23.1. The topological polar surface area (TPSA) is 105 Å². The number of rotatable bonds is 7. The lowest BCUT2D eigenvalue weighted by atomic mass is 10.1. The van der Waals surface area contributed by atoms with E-state index in [-0.39, 0.29) is 4.90 Å². The van der Waals surface area contributed by atoms with Gasteiger partial charge in [-0.3, -0.25) is 9.10 Å². The molecule has 3 aromatic carbocycles. The normalized spacial score (nSPS) is 11.2. The van der Waals surface area contributed by atoms with Crippen LogP contribution in [0.4, 0.5) is 5.69 Å². The Labute approximate surface area is 186 Å². The highest BCUT2D eigenvalue weighted by Crippen LogP contribution is 2.22. The maximum Gasteiger partial charge on any atom is 0.337 e. The summed E-state index contributed by atoms with van der Waals surface area (Å²) in [5, 5.41) is 3.90. The molecule has 1 N–H and O–H groups in total. The Morgan fingerprint density at radius 2 is 1.50 bits per heavy atom. The molecule has 0 aromatic heterocycles. The van der Waals surface area contributed by atoms with Crippen LogP contribution >= 0.6 is 0 Å². The maximum absolute atomic E-state index is 12.7. The van der Waals surface area contributed by atoms with Gasteiger partial charge in [-0.25, -0.2) is 18.6 Å². The van der Waals surface area contributed by atoms with E-state index in [0.29, 0.717) is 22.4 Å². The first-order chi connectivity index (χ1) is 15.3. The van der Waals surface area contributed by atoms with Crippen molar-refractivity contribution in [3.05, 3.63) is 95.6 Å². The van der Waals surface area contributed by atoms with Gasteiger partial charge in [-0.15, -0.1) is 0 Å². The number of nitrogens with one attached hydrogen (secondary N) is 1. The van der Waals surface area contributed by atoms with Crippen molar-refractivity contribution in [2.45, 2.75) is 4.90 Å². The minimum absolute atomic E-state index is 0.179. The summed E-state index contributed by atoms with van der Waals surface area (Å²) in [5.74, 6) is -0.889. The largest absolute Gasteiger partial charge is 0.465 e. The Bertz CT molecular complexity index is 1220. The van der Waals surface area contributed by atoms with E-state index in [9.17, 15) is 18.0 Å². The van der Waals surface area contributed by atoms with Gasteiger partial charge in [0.25, 0.3) is 15.9 Å². The fourth-order valence-corrected chi connectivity index (χ4v) is 3.98. The van der Waals surface area contributed by atoms with Crippen LogP contribution in [0.5, 0.6) is 0 Å². The van der Waals surface area contributed by atoms with E-state index in [1.54, 1.807) is 54.6 Å². The van der Waals surface area contributed by atoms with Crippen LogP contribution < -0.4 is 9.73 Å². The van der Waals surface area contributed by atoms with Crippen LogP contribution in [0.15, 0.2) is 88.9 Å². The number of esters is 1. The summed E-state index contributed by atoms with van der Waals surface area (Å²) in [4.78, 5) is 23.9. The number of nitrogens with zero attached hydrogens (tertiary/aromatic N) is 2. The van der Waals surface area contributed by atoms with Crippen molar-refractivity contribution in [1.82, 2.24) is 5.43 Å². The molecule has 3 rings (SSSR count). The second kappa shape index (κ2) is 9.88. The number of carbonyl (C=O) groups excluding carboxylic acids is 2. The van der Waals surface area contributed by atoms with E-state index in [1.165, 1.54) is 44.6 Å². The molecule has 9 heteroatoms. The smallest absolute Gasteiger partial charge is 0.337 e. The van der Waals surface area contributed by atoms with Crippen LogP contribution in [0.1, 0.15) is 26.3 Å². The monoisotopic (exact) mass is 451 g/mol. The number of sulfonamides is 1. The van der Waals surface area contributed by atoms with Crippen LogP contribution in [0.2, 0.25) is 0 Å². The number of hydrogen-bond acceptors (Lipinski definition) is 6. The third-order valence-electron chi connectivity index (χ3n) is 4.61. The Hall–Kier alpha value is -3.98. The van der Waals surface area contributed by atoms with Crippen LogP contribution in [0.3, 0.4) is 0 Å². The van der Waals surface area contributed by atoms with Gasteiger partial charge in [-0.05, 0) is 54.1 Å². The molecule has 0 atom stereocenters. The van der Waals surface area contributed by atoms with Gasteiger partial charge >= 0.3 is 5.97 Å². The van der Waals surface area contributed by atoms with Crippen molar-refractivity contribution in [2.75, 3.05) is 18.5 Å². The van der Waals surface area contributed by atoms with Crippen molar-refractivity contribution in [1.29, 1.82) is 0 Å². The van der Waals surface area contributed by atoms with Gasteiger partial charge in [0.05, 0.1) is 29.5 Å². The van der Waals surface area contributed by atoms with E-state index in [2.05, 4.69) is 15.3 Å². The summed E-state index contributed by atoms with van der Waals surface area (Å²) < 4.78 is 31.2. The summed E-state index contributed by atoms with van der Waals surface area (Å²) in [6, 6.07) is 20.7. The molecule has 0 radical (unpaired) electrons. The van der Waals surface area contributed by atoms with E-state index in [0.717, 1.165) is 4.31 Å². The molecular formula is C23H21N3O5S. The van der Waals surface area contributed by atoms with Crippen LogP contribution in [-0.4, -0.2) is 40.7 Å². The van der Waals surface area contributed by atoms with Gasteiger partial charge < -0.3 is 4.74 Å². The molecule has 0 aliphatic carbocycles.